The van der Waals surface area contributed by atoms with E-state index in [1.807, 2.05) is 26.0 Å². The molecule has 18 heavy (non-hydrogen) atoms. The summed E-state index contributed by atoms with van der Waals surface area (Å²) in [7, 11) is 0. The van der Waals surface area contributed by atoms with Crippen LogP contribution in [0, 0.1) is 0 Å². The Morgan fingerprint density at radius 2 is 2.22 bits per heavy atom. The summed E-state index contributed by atoms with van der Waals surface area (Å²) in [5, 5.41) is 3.54. The van der Waals surface area contributed by atoms with Gasteiger partial charge < -0.3 is 9.47 Å². The van der Waals surface area contributed by atoms with E-state index in [9.17, 15) is 0 Å². The van der Waals surface area contributed by atoms with Gasteiger partial charge in [0.15, 0.2) is 5.79 Å². The van der Waals surface area contributed by atoms with Gasteiger partial charge in [0.25, 0.3) is 0 Å². The second kappa shape index (κ2) is 5.57. The summed E-state index contributed by atoms with van der Waals surface area (Å²) < 4.78 is 11.7. The monoisotopic (exact) mass is 249 g/mol. The third kappa shape index (κ3) is 3.13. The Morgan fingerprint density at radius 1 is 1.39 bits per heavy atom. The first-order valence-electron chi connectivity index (χ1n) is 6.36. The van der Waals surface area contributed by atoms with Crippen LogP contribution in [0.1, 0.15) is 33.1 Å². The van der Waals surface area contributed by atoms with E-state index in [-0.39, 0.29) is 12.2 Å². The minimum atomic E-state index is -0.506. The molecule has 0 N–H and O–H groups in total. The highest BCUT2D eigenvalue weighted by Gasteiger charge is 2.42. The summed E-state index contributed by atoms with van der Waals surface area (Å²) in [6.45, 7) is 4.45. The van der Waals surface area contributed by atoms with Gasteiger partial charge in [0, 0.05) is 11.5 Å². The molecule has 1 heterocycles. The summed E-state index contributed by atoms with van der Waals surface area (Å²) in [5.74, 6) is -0.506. The zero-order chi connectivity index (χ0) is 13.0. The summed E-state index contributed by atoms with van der Waals surface area (Å²) in [6.07, 6.45) is 9.16. The van der Waals surface area contributed by atoms with Gasteiger partial charge in [-0.3, -0.25) is 0 Å². The number of allylic oxidation sites excluding steroid dienone is 2. The van der Waals surface area contributed by atoms with Gasteiger partial charge >= 0.3 is 0 Å². The van der Waals surface area contributed by atoms with Crippen molar-refractivity contribution in [3.8, 4) is 0 Å². The van der Waals surface area contributed by atoms with Crippen molar-refractivity contribution in [2.75, 3.05) is 6.54 Å². The minimum absolute atomic E-state index is 0.0390. The Bertz CT molecular complexity index is 408. The van der Waals surface area contributed by atoms with Crippen LogP contribution in [-0.4, -0.2) is 24.5 Å². The molecule has 0 bridgehead atoms. The van der Waals surface area contributed by atoms with Crippen molar-refractivity contribution in [3.63, 3.8) is 0 Å². The van der Waals surface area contributed by atoms with Crippen molar-refractivity contribution in [2.45, 2.75) is 51.1 Å². The maximum Gasteiger partial charge on any atom is 0.164 e. The van der Waals surface area contributed by atoms with Crippen LogP contribution in [-0.2, 0) is 9.47 Å². The number of azide groups is 1. The molecule has 5 heteroatoms. The molecule has 0 spiro atoms. The number of nitrogens with zero attached hydrogens (tertiary/aromatic N) is 3. The van der Waals surface area contributed by atoms with E-state index < -0.39 is 5.79 Å². The van der Waals surface area contributed by atoms with Crippen LogP contribution in [0.5, 0.6) is 0 Å². The average molecular weight is 249 g/mol. The minimum Gasteiger partial charge on any atom is -0.340 e. The normalized spacial score (nSPS) is 28.4. The van der Waals surface area contributed by atoms with Gasteiger partial charge in [-0.25, -0.2) is 0 Å². The van der Waals surface area contributed by atoms with E-state index in [1.54, 1.807) is 0 Å². The predicted octanol–water partition coefficient (Wildman–Crippen LogP) is 3.48. The molecule has 1 aliphatic heterocycles. The van der Waals surface area contributed by atoms with Crippen molar-refractivity contribution in [3.05, 3.63) is 34.2 Å². The lowest BCUT2D eigenvalue weighted by Gasteiger charge is -2.20. The smallest absolute Gasteiger partial charge is 0.164 e. The highest BCUT2D eigenvalue weighted by Crippen LogP contribution is 2.36. The first-order valence-corrected chi connectivity index (χ1v) is 6.36. The van der Waals surface area contributed by atoms with Crippen LogP contribution in [0.2, 0.25) is 0 Å². The maximum absolute atomic E-state index is 8.20. The Kier molecular flexibility index (Phi) is 4.07. The molecule has 2 rings (SSSR count). The van der Waals surface area contributed by atoms with Gasteiger partial charge in [0.2, 0.25) is 0 Å². The standard InChI is InChI=1S/C13H19N3O2/c1-13(2)17-11-8-5-7-10(12(11)18-13)6-3-4-9-15-16-14/h5,7-8,11-12H,3-4,6,9H2,1-2H3/t11-,12+/m0/s1. The van der Waals surface area contributed by atoms with Crippen molar-refractivity contribution >= 4 is 0 Å². The molecule has 0 aromatic rings. The molecule has 2 aliphatic rings. The highest BCUT2D eigenvalue weighted by molar-refractivity contribution is 5.27. The van der Waals surface area contributed by atoms with E-state index in [0.717, 1.165) is 19.3 Å². The van der Waals surface area contributed by atoms with E-state index >= 15 is 0 Å². The fourth-order valence-corrected chi connectivity index (χ4v) is 2.38. The molecule has 1 saturated heterocycles. The summed E-state index contributed by atoms with van der Waals surface area (Å²) in [5.41, 5.74) is 9.47. The zero-order valence-corrected chi connectivity index (χ0v) is 10.9. The quantitative estimate of drug-likeness (QED) is 0.324. The maximum atomic E-state index is 8.20. The molecule has 1 fully saturated rings. The second-order valence-corrected chi connectivity index (χ2v) is 5.06. The largest absolute Gasteiger partial charge is 0.340 e. The van der Waals surface area contributed by atoms with Crippen molar-refractivity contribution < 1.29 is 9.47 Å². The van der Waals surface area contributed by atoms with Crippen LogP contribution in [0.25, 0.3) is 10.4 Å². The molecule has 0 unspecified atom stereocenters. The second-order valence-electron chi connectivity index (χ2n) is 5.06. The SMILES string of the molecule is CC1(C)O[C@H]2C=CC=C(CCCCN=[N+]=[N-])[C@H]2O1. The fraction of sp³-hybridized carbons (Fsp3) is 0.692. The number of unbranched alkanes of at least 4 members (excludes halogenated alkanes) is 1. The van der Waals surface area contributed by atoms with Gasteiger partial charge in [-0.05, 0) is 44.2 Å². The molecule has 0 aromatic carbocycles. The Labute approximate surface area is 107 Å². The third-order valence-corrected chi connectivity index (χ3v) is 3.14. The number of ether oxygens (including phenoxy) is 2. The zero-order valence-electron chi connectivity index (χ0n) is 10.9. The number of rotatable bonds is 5. The summed E-state index contributed by atoms with van der Waals surface area (Å²) in [6, 6.07) is 0. The highest BCUT2D eigenvalue weighted by atomic mass is 16.7. The number of hydrogen-bond donors (Lipinski definition) is 0. The molecule has 98 valence electrons. The molecule has 1 aliphatic carbocycles. The average Bonchev–Trinajstić information content (AvgIpc) is 2.63. The van der Waals surface area contributed by atoms with E-state index in [4.69, 9.17) is 15.0 Å². The van der Waals surface area contributed by atoms with Gasteiger partial charge in [0.05, 0.1) is 0 Å². The molecule has 2 atom stereocenters. The molecule has 0 saturated carbocycles. The Hall–Kier alpha value is -1.29. The van der Waals surface area contributed by atoms with Crippen LogP contribution < -0.4 is 0 Å². The van der Waals surface area contributed by atoms with E-state index in [1.165, 1.54) is 5.57 Å². The molecular formula is C13H19N3O2. The van der Waals surface area contributed by atoms with Gasteiger partial charge in [-0.15, -0.1) is 0 Å². The Morgan fingerprint density at radius 3 is 3.00 bits per heavy atom. The fourth-order valence-electron chi connectivity index (χ4n) is 2.38. The number of fused-ring (bicyclic) bond motifs is 1. The van der Waals surface area contributed by atoms with Crippen LogP contribution >= 0.6 is 0 Å². The van der Waals surface area contributed by atoms with Crippen LogP contribution in [0.3, 0.4) is 0 Å². The van der Waals surface area contributed by atoms with E-state index in [2.05, 4.69) is 16.1 Å². The predicted molar refractivity (Wildman–Crippen MR) is 68.9 cm³/mol. The van der Waals surface area contributed by atoms with Gasteiger partial charge in [-0.1, -0.05) is 23.3 Å². The first kappa shape index (κ1) is 13.1. The van der Waals surface area contributed by atoms with Crippen LogP contribution in [0.15, 0.2) is 28.9 Å². The third-order valence-electron chi connectivity index (χ3n) is 3.14. The molecule has 0 radical (unpaired) electrons. The molecule has 5 nitrogen and oxygen atoms in total. The molecular weight excluding hydrogens is 230 g/mol. The Balaban J connectivity index is 1.87. The van der Waals surface area contributed by atoms with Crippen LogP contribution in [0.4, 0.5) is 0 Å². The van der Waals surface area contributed by atoms with Gasteiger partial charge in [-0.2, -0.15) is 0 Å². The summed E-state index contributed by atoms with van der Waals surface area (Å²) >= 11 is 0. The lowest BCUT2D eigenvalue weighted by molar-refractivity contribution is -0.139. The number of hydrogen-bond acceptors (Lipinski definition) is 3. The lowest BCUT2D eigenvalue weighted by atomic mass is 9.95. The van der Waals surface area contributed by atoms with Crippen molar-refractivity contribution in [1.29, 1.82) is 0 Å². The van der Waals surface area contributed by atoms with Crippen molar-refractivity contribution in [1.82, 2.24) is 0 Å². The summed E-state index contributed by atoms with van der Waals surface area (Å²) in [4.78, 5) is 2.75. The first-order chi connectivity index (χ1) is 8.62. The topological polar surface area (TPSA) is 67.2 Å². The molecule has 0 amide bonds. The van der Waals surface area contributed by atoms with E-state index in [0.29, 0.717) is 6.54 Å². The molecule has 0 aromatic heterocycles. The van der Waals surface area contributed by atoms with Crippen molar-refractivity contribution in [2.24, 2.45) is 5.11 Å². The lowest BCUT2D eigenvalue weighted by Crippen LogP contribution is -2.25. The van der Waals surface area contributed by atoms with Gasteiger partial charge in [0.1, 0.15) is 12.2 Å².